The van der Waals surface area contributed by atoms with Crippen LogP contribution in [0.4, 0.5) is 0 Å². The molecular formula is C18H21O5RaRbS. The van der Waals surface area contributed by atoms with Crippen LogP contribution in [0.25, 0.3) is 0 Å². The topological polar surface area (TPSA) is 90.2 Å². The summed E-state index contributed by atoms with van der Waals surface area (Å²) in [6.07, 6.45) is -4.65. The zero-order valence-corrected chi connectivity index (χ0v) is 29.2. The van der Waals surface area contributed by atoms with Crippen molar-refractivity contribution in [2.75, 3.05) is 6.61 Å². The average molecular weight is 661 g/mol. The van der Waals surface area contributed by atoms with Gasteiger partial charge in [0.1, 0.15) is 0 Å². The Labute approximate surface area is 225 Å². The van der Waals surface area contributed by atoms with E-state index in [2.05, 4.69) is 25.1 Å². The molecule has 132 valence electrons. The van der Waals surface area contributed by atoms with Crippen LogP contribution in [0.5, 0.6) is 0 Å². The molecule has 0 amide bonds. The number of benzene rings is 1. The fraction of sp³-hybridized carbons (Fsp3) is 0.444. The molecule has 0 saturated carbocycles. The fourth-order valence-corrected chi connectivity index (χ4v) is 8.73. The molecule has 5 atom stereocenters. The summed E-state index contributed by atoms with van der Waals surface area (Å²) in [4.78, 5) is 1.36. The molecule has 26 heavy (non-hydrogen) atoms. The van der Waals surface area contributed by atoms with Gasteiger partial charge in [0.05, 0.1) is 0 Å². The van der Waals surface area contributed by atoms with Crippen molar-refractivity contribution in [3.05, 3.63) is 45.8 Å². The molecule has 1 fully saturated rings. The van der Waals surface area contributed by atoms with Gasteiger partial charge in [-0.3, -0.25) is 0 Å². The van der Waals surface area contributed by atoms with Gasteiger partial charge in [-0.15, -0.1) is 0 Å². The van der Waals surface area contributed by atoms with E-state index < -0.39 is 37.1 Å². The van der Waals surface area contributed by atoms with Crippen LogP contribution in [-0.2, 0) is 11.2 Å². The van der Waals surface area contributed by atoms with Crippen LogP contribution in [0.3, 0.4) is 0 Å². The van der Waals surface area contributed by atoms with Crippen molar-refractivity contribution in [2.45, 2.75) is 43.9 Å². The number of hydrogen-bond donors (Lipinski definition) is 4. The number of aryl methyl sites for hydroxylation is 1. The summed E-state index contributed by atoms with van der Waals surface area (Å²) >= 11 is 2.59. The average Bonchev–Trinajstić information content (AvgIpc) is 2.93. The predicted molar refractivity (Wildman–Crippen MR) is 97.4 cm³/mol. The van der Waals surface area contributed by atoms with Gasteiger partial charge in [-0.25, -0.2) is 0 Å². The van der Waals surface area contributed by atoms with E-state index in [-0.39, 0.29) is 42.8 Å². The van der Waals surface area contributed by atoms with Crippen molar-refractivity contribution in [2.24, 2.45) is 0 Å². The Kier molecular flexibility index (Phi) is 8.60. The van der Waals surface area contributed by atoms with Gasteiger partial charge >= 0.3 is 230 Å². The summed E-state index contributed by atoms with van der Waals surface area (Å²) in [6.45, 7) is 1.77. The molecule has 3 rings (SSSR count). The summed E-state index contributed by atoms with van der Waals surface area (Å²) in [5.74, 6) is 0. The zero-order valence-electron chi connectivity index (χ0n) is 15.2. The molecule has 5 nitrogen and oxygen atoms in total. The van der Waals surface area contributed by atoms with Crippen molar-refractivity contribution in [3.8, 4) is 0 Å². The SMILES string of the molecule is Cc1cc(Cc2cc([C@@H]3O[C@H](CO)[C@@H](O)[C@H](O)[C@H]3O)cc[c]2[RaH])s[c]1[Rb]. The van der Waals surface area contributed by atoms with Gasteiger partial charge in [0.15, 0.2) is 0 Å². The molecule has 1 aliphatic rings. The Morgan fingerprint density at radius 1 is 1.15 bits per heavy atom. The Hall–Kier alpha value is 1.99. The second-order valence-electron chi connectivity index (χ2n) is 7.06. The zero-order chi connectivity index (χ0) is 19.0. The van der Waals surface area contributed by atoms with E-state index in [1.54, 1.807) is 0 Å². The van der Waals surface area contributed by atoms with Crippen LogP contribution in [0.15, 0.2) is 24.3 Å². The maximum atomic E-state index is 10.4. The first-order chi connectivity index (χ1) is 12.3. The van der Waals surface area contributed by atoms with E-state index in [0.29, 0.717) is 55.5 Å². The summed E-state index contributed by atoms with van der Waals surface area (Å²) < 4.78 is 8.63. The Bertz CT molecular complexity index is 761. The van der Waals surface area contributed by atoms with Crippen LogP contribution in [0.2, 0.25) is 0 Å². The minimum atomic E-state index is -1.34. The van der Waals surface area contributed by atoms with Gasteiger partial charge in [-0.1, -0.05) is 0 Å². The van der Waals surface area contributed by atoms with Crippen molar-refractivity contribution in [3.63, 3.8) is 0 Å². The minimum absolute atomic E-state index is 0.181. The summed E-state index contributed by atoms with van der Waals surface area (Å²) in [5.41, 5.74) is 3.43. The van der Waals surface area contributed by atoms with Gasteiger partial charge in [0.2, 0.25) is 0 Å². The van der Waals surface area contributed by atoms with Gasteiger partial charge in [0, 0.05) is 0 Å². The van der Waals surface area contributed by atoms with Crippen LogP contribution in [0, 0.1) is 49.7 Å². The summed E-state index contributed by atoms with van der Waals surface area (Å²) in [5, 5.41) is 39.8. The van der Waals surface area contributed by atoms with Gasteiger partial charge < -0.3 is 0 Å². The first-order valence-electron chi connectivity index (χ1n) is 8.77. The van der Waals surface area contributed by atoms with E-state index in [0.717, 1.165) is 12.0 Å². The number of thiophene rings is 1. The quantitative estimate of drug-likeness (QED) is 0.334. The van der Waals surface area contributed by atoms with Crippen molar-refractivity contribution in [1.29, 1.82) is 0 Å². The van der Waals surface area contributed by atoms with E-state index in [1.807, 2.05) is 17.4 Å². The Morgan fingerprint density at radius 2 is 1.88 bits per heavy atom. The van der Waals surface area contributed by atoms with Crippen LogP contribution in [-0.4, -0.2) is 107 Å². The Morgan fingerprint density at radius 3 is 2.50 bits per heavy atom. The predicted octanol–water partition coefficient (Wildman–Crippen LogP) is -1.14. The first-order valence-corrected chi connectivity index (χ1v) is 16.2. The molecule has 8 heteroatoms. The summed E-state index contributed by atoms with van der Waals surface area (Å²) in [7, 11) is 0. The molecule has 1 aromatic carbocycles. The van der Waals surface area contributed by atoms with Crippen molar-refractivity contribution in [1.82, 2.24) is 0 Å². The molecule has 1 aliphatic heterocycles. The third-order valence-corrected chi connectivity index (χ3v) is 13.8. The molecule has 0 bridgehead atoms. The first kappa shape index (κ1) is 22.7. The second-order valence-corrected chi connectivity index (χ2v) is 17.1. The molecule has 1 aromatic heterocycles. The number of hydrogen-bond acceptors (Lipinski definition) is 6. The third kappa shape index (κ3) is 5.00. The van der Waals surface area contributed by atoms with E-state index >= 15 is 0 Å². The maximum absolute atomic E-state index is 10.4. The van der Waals surface area contributed by atoms with E-state index in [9.17, 15) is 20.4 Å². The summed E-state index contributed by atoms with van der Waals surface area (Å²) in [6, 6.07) is 8.34. The molecule has 0 spiro atoms. The van der Waals surface area contributed by atoms with Crippen molar-refractivity contribution < 1.29 is 68.0 Å². The number of aliphatic hydroxyl groups excluding tert-OH is 4. The molecule has 2 heterocycles. The van der Waals surface area contributed by atoms with Gasteiger partial charge in [0.25, 0.3) is 0 Å². The van der Waals surface area contributed by atoms with Crippen molar-refractivity contribution >= 4 is 65.4 Å². The van der Waals surface area contributed by atoms with E-state index in [4.69, 9.17) is 4.74 Å². The van der Waals surface area contributed by atoms with Crippen LogP contribution in [0.1, 0.15) is 27.7 Å². The Balaban J connectivity index is 1.88. The van der Waals surface area contributed by atoms with Crippen LogP contribution < -0.4 is -1.45 Å². The number of rotatable bonds is 4. The molecule has 0 aliphatic carbocycles. The van der Waals surface area contributed by atoms with Gasteiger partial charge in [-0.2, -0.15) is 0 Å². The second kappa shape index (κ2) is 9.87. The number of aliphatic hydroxyl groups is 4. The van der Waals surface area contributed by atoms with E-state index in [1.165, 1.54) is 14.6 Å². The molecule has 1 saturated heterocycles. The molecular weight excluding hydrogens is 640 g/mol. The fourth-order valence-electron chi connectivity index (χ4n) is 3.36. The van der Waals surface area contributed by atoms with Gasteiger partial charge in [-0.05, 0) is 0 Å². The molecule has 0 radical (unpaired) electrons. The molecule has 2 aromatic rings. The number of ether oxygens (including phenoxy) is 1. The molecule has 0 unspecified atom stereocenters. The third-order valence-electron chi connectivity index (χ3n) is 5.18. The molecule has 4 N–H and O–H groups in total. The standard InChI is InChI=1S/C18H20O5S.Ra.Rb.H/c1-10-5-13(24-9-10)7-11-3-2-4-12(6-11)18-17(22)16(21)15(20)14(8-19)23-18;;;/h2,4-6,14-22H,7-8H2,1H3;;;/t14-,15-,16+,17-,18+;;;/m1.../s1. The monoisotopic (exact) mass is 660 g/mol. The normalized spacial score (nSPS) is 29.1. The van der Waals surface area contributed by atoms with Crippen LogP contribution >= 0.6 is 11.3 Å².